The van der Waals surface area contributed by atoms with E-state index in [1.807, 2.05) is 24.3 Å². The number of aromatic nitrogens is 2. The third kappa shape index (κ3) is 3.58. The van der Waals surface area contributed by atoms with Gasteiger partial charge in [-0.25, -0.2) is 4.68 Å². The Morgan fingerprint density at radius 3 is 2.68 bits per heavy atom. The Labute approximate surface area is 151 Å². The molecule has 7 nitrogen and oxygen atoms in total. The van der Waals surface area contributed by atoms with E-state index in [0.717, 1.165) is 10.2 Å². The molecule has 126 valence electrons. The molecule has 8 heteroatoms. The number of para-hydroxylation sites is 1. The number of carbonyl (C=O) groups is 1. The van der Waals surface area contributed by atoms with E-state index in [0.29, 0.717) is 11.5 Å². The first-order chi connectivity index (χ1) is 12.0. The third-order valence-corrected chi connectivity index (χ3v) is 3.96. The predicted octanol–water partition coefficient (Wildman–Crippen LogP) is 4.10. The van der Waals surface area contributed by atoms with Crippen LogP contribution in [0, 0.1) is 17.0 Å². The van der Waals surface area contributed by atoms with Crippen LogP contribution in [0.5, 0.6) is 0 Å². The van der Waals surface area contributed by atoms with Crippen LogP contribution in [0.15, 0.2) is 59.1 Å². The molecule has 0 fully saturated rings. The van der Waals surface area contributed by atoms with E-state index in [9.17, 15) is 14.9 Å². The highest BCUT2D eigenvalue weighted by Crippen LogP contribution is 2.23. The van der Waals surface area contributed by atoms with Crippen LogP contribution >= 0.6 is 15.9 Å². The minimum Gasteiger partial charge on any atom is -0.306 e. The molecule has 3 aromatic rings. The van der Waals surface area contributed by atoms with Gasteiger partial charge >= 0.3 is 0 Å². The summed E-state index contributed by atoms with van der Waals surface area (Å²) in [6.45, 7) is 1.80. The van der Waals surface area contributed by atoms with E-state index in [1.54, 1.807) is 23.7 Å². The van der Waals surface area contributed by atoms with Gasteiger partial charge in [0.1, 0.15) is 11.4 Å². The van der Waals surface area contributed by atoms with Gasteiger partial charge in [-0.05, 0) is 31.2 Å². The largest absolute Gasteiger partial charge is 0.306 e. The number of anilines is 1. The van der Waals surface area contributed by atoms with Gasteiger partial charge in [0, 0.05) is 16.6 Å². The van der Waals surface area contributed by atoms with Gasteiger partial charge in [-0.15, -0.1) is 0 Å². The van der Waals surface area contributed by atoms with Crippen molar-refractivity contribution in [2.24, 2.45) is 0 Å². The summed E-state index contributed by atoms with van der Waals surface area (Å²) >= 11 is 3.40. The summed E-state index contributed by atoms with van der Waals surface area (Å²) < 4.78 is 2.45. The number of nitrogens with zero attached hydrogens (tertiary/aromatic N) is 3. The average Bonchev–Trinajstić information content (AvgIpc) is 2.95. The Hall–Kier alpha value is -3.00. The number of halogens is 1. The summed E-state index contributed by atoms with van der Waals surface area (Å²) in [5.41, 5.74) is 1.20. The van der Waals surface area contributed by atoms with Crippen molar-refractivity contribution in [1.82, 2.24) is 9.78 Å². The molecule has 0 aliphatic carbocycles. The fourth-order valence-corrected chi connectivity index (χ4v) is 2.79. The Morgan fingerprint density at radius 1 is 1.20 bits per heavy atom. The van der Waals surface area contributed by atoms with Gasteiger partial charge in [0.2, 0.25) is 0 Å². The maximum Gasteiger partial charge on any atom is 0.282 e. The molecule has 25 heavy (non-hydrogen) atoms. The SMILES string of the molecule is Cc1cc(NC(=O)c2ccccc2[N+](=O)[O-])n(-c2cccc(Br)c2)n1. The van der Waals surface area contributed by atoms with Crippen molar-refractivity contribution < 1.29 is 9.72 Å². The van der Waals surface area contributed by atoms with Crippen molar-refractivity contribution in [3.8, 4) is 5.69 Å². The minimum atomic E-state index is -0.578. The lowest BCUT2D eigenvalue weighted by Crippen LogP contribution is -2.16. The van der Waals surface area contributed by atoms with Crippen molar-refractivity contribution in [2.45, 2.75) is 6.92 Å². The monoisotopic (exact) mass is 400 g/mol. The van der Waals surface area contributed by atoms with Gasteiger partial charge in [-0.2, -0.15) is 5.10 Å². The van der Waals surface area contributed by atoms with E-state index in [1.165, 1.54) is 18.2 Å². The van der Waals surface area contributed by atoms with E-state index >= 15 is 0 Å². The molecule has 0 bridgehead atoms. The van der Waals surface area contributed by atoms with Gasteiger partial charge < -0.3 is 5.32 Å². The highest BCUT2D eigenvalue weighted by Gasteiger charge is 2.20. The second-order valence-corrected chi connectivity index (χ2v) is 6.21. The number of aryl methyl sites for hydroxylation is 1. The van der Waals surface area contributed by atoms with Crippen molar-refractivity contribution >= 4 is 33.3 Å². The summed E-state index contributed by atoms with van der Waals surface area (Å²) in [5, 5.41) is 18.2. The first-order valence-electron chi connectivity index (χ1n) is 7.33. The molecule has 0 atom stereocenters. The van der Waals surface area contributed by atoms with Crippen molar-refractivity contribution in [3.63, 3.8) is 0 Å². The van der Waals surface area contributed by atoms with Crippen molar-refractivity contribution in [1.29, 1.82) is 0 Å². The molecule has 0 aliphatic rings. The first-order valence-corrected chi connectivity index (χ1v) is 8.12. The van der Waals surface area contributed by atoms with E-state index in [4.69, 9.17) is 0 Å². The van der Waals surface area contributed by atoms with Gasteiger partial charge in [-0.1, -0.05) is 34.1 Å². The molecule has 1 N–H and O–H groups in total. The fraction of sp³-hybridized carbons (Fsp3) is 0.0588. The summed E-state index contributed by atoms with van der Waals surface area (Å²) in [4.78, 5) is 23.1. The maximum atomic E-state index is 12.5. The molecular formula is C17H13BrN4O3. The van der Waals surface area contributed by atoms with E-state index < -0.39 is 10.8 Å². The summed E-state index contributed by atoms with van der Waals surface area (Å²) in [6.07, 6.45) is 0. The second-order valence-electron chi connectivity index (χ2n) is 5.29. The van der Waals surface area contributed by atoms with Crippen molar-refractivity contribution in [2.75, 3.05) is 5.32 Å². The lowest BCUT2D eigenvalue weighted by atomic mass is 10.1. The summed E-state index contributed by atoms with van der Waals surface area (Å²) in [6, 6.07) is 14.9. The van der Waals surface area contributed by atoms with Crippen LogP contribution in [-0.4, -0.2) is 20.6 Å². The van der Waals surface area contributed by atoms with Crippen LogP contribution in [-0.2, 0) is 0 Å². The summed E-state index contributed by atoms with van der Waals surface area (Å²) in [7, 11) is 0. The van der Waals surface area contributed by atoms with Crippen LogP contribution in [0.1, 0.15) is 16.1 Å². The molecule has 2 aromatic carbocycles. The number of carbonyl (C=O) groups excluding carboxylic acids is 1. The summed E-state index contributed by atoms with van der Waals surface area (Å²) in [5.74, 6) is -0.137. The molecule has 1 aromatic heterocycles. The highest BCUT2D eigenvalue weighted by molar-refractivity contribution is 9.10. The average molecular weight is 401 g/mol. The van der Waals surface area contributed by atoms with Crippen LogP contribution < -0.4 is 5.32 Å². The van der Waals surface area contributed by atoms with Gasteiger partial charge in [-0.3, -0.25) is 14.9 Å². The van der Waals surface area contributed by atoms with Gasteiger partial charge in [0.25, 0.3) is 11.6 Å². The van der Waals surface area contributed by atoms with E-state index in [2.05, 4.69) is 26.3 Å². The Kier molecular flexibility index (Phi) is 4.62. The predicted molar refractivity (Wildman–Crippen MR) is 97.1 cm³/mol. The second kappa shape index (κ2) is 6.86. The molecule has 0 saturated heterocycles. The van der Waals surface area contributed by atoms with Crippen LogP contribution in [0.4, 0.5) is 11.5 Å². The molecule has 0 aliphatic heterocycles. The molecular weight excluding hydrogens is 388 g/mol. The minimum absolute atomic E-state index is 0.00727. The smallest absolute Gasteiger partial charge is 0.282 e. The van der Waals surface area contributed by atoms with Crippen LogP contribution in [0.3, 0.4) is 0 Å². The van der Waals surface area contributed by atoms with Crippen molar-refractivity contribution in [3.05, 3.63) is 80.4 Å². The molecule has 0 unspecified atom stereocenters. The normalized spacial score (nSPS) is 10.5. The zero-order valence-corrected chi connectivity index (χ0v) is 14.7. The quantitative estimate of drug-likeness (QED) is 0.527. The third-order valence-electron chi connectivity index (χ3n) is 3.47. The zero-order chi connectivity index (χ0) is 18.0. The van der Waals surface area contributed by atoms with Gasteiger partial charge in [0.05, 0.1) is 16.3 Å². The number of benzene rings is 2. The van der Waals surface area contributed by atoms with E-state index in [-0.39, 0.29) is 11.3 Å². The Bertz CT molecular complexity index is 968. The molecule has 0 radical (unpaired) electrons. The molecule has 0 saturated carbocycles. The van der Waals surface area contributed by atoms with Crippen LogP contribution in [0.25, 0.3) is 5.69 Å². The number of rotatable bonds is 4. The standard InChI is InChI=1S/C17H13BrN4O3/c1-11-9-16(21(20-11)13-6-4-5-12(18)10-13)19-17(23)14-7-2-3-8-15(14)22(24)25/h2-10H,1H3,(H,19,23). The lowest BCUT2D eigenvalue weighted by molar-refractivity contribution is -0.385. The first kappa shape index (κ1) is 16.8. The number of nitro groups is 1. The van der Waals surface area contributed by atoms with Gasteiger partial charge in [0.15, 0.2) is 0 Å². The topological polar surface area (TPSA) is 90.1 Å². The highest BCUT2D eigenvalue weighted by atomic mass is 79.9. The Balaban J connectivity index is 1.97. The maximum absolute atomic E-state index is 12.5. The van der Waals surface area contributed by atoms with Crippen LogP contribution in [0.2, 0.25) is 0 Å². The number of amides is 1. The number of nitrogens with one attached hydrogen (secondary N) is 1. The number of nitro benzene ring substituents is 1. The number of hydrogen-bond donors (Lipinski definition) is 1. The molecule has 3 rings (SSSR count). The molecule has 1 heterocycles. The molecule has 1 amide bonds. The Morgan fingerprint density at radius 2 is 1.96 bits per heavy atom. The lowest BCUT2D eigenvalue weighted by Gasteiger charge is -2.09. The zero-order valence-electron chi connectivity index (χ0n) is 13.1. The molecule has 0 spiro atoms. The fourth-order valence-electron chi connectivity index (χ4n) is 2.40. The number of hydrogen-bond acceptors (Lipinski definition) is 4.